The van der Waals surface area contributed by atoms with Crippen LogP contribution in [-0.2, 0) is 49.0 Å². The van der Waals surface area contributed by atoms with Crippen LogP contribution in [0.3, 0.4) is 0 Å². The van der Waals surface area contributed by atoms with E-state index in [2.05, 4.69) is 51.2 Å². The van der Waals surface area contributed by atoms with E-state index < -0.39 is 0 Å². The second kappa shape index (κ2) is 18.5. The van der Waals surface area contributed by atoms with Crippen molar-refractivity contribution in [2.75, 3.05) is 0 Å². The van der Waals surface area contributed by atoms with Gasteiger partial charge in [0.25, 0.3) is 0 Å². The Hall–Kier alpha value is -2.16. The van der Waals surface area contributed by atoms with Crippen LogP contribution < -0.4 is 10.2 Å². The topological polar surface area (TPSA) is 46.1 Å². The molecular weight excluding hydrogens is 608 g/mol. The average molecular weight is 658 g/mol. The van der Waals surface area contributed by atoms with E-state index in [1.807, 2.05) is 64.1 Å². The summed E-state index contributed by atoms with van der Waals surface area (Å²) < 4.78 is 0. The van der Waals surface area contributed by atoms with Crippen molar-refractivity contribution in [1.29, 1.82) is 0 Å². The first kappa shape index (κ1) is 36.0. The Morgan fingerprint density at radius 2 is 0.857 bits per heavy atom. The molecule has 0 unspecified atom stereocenters. The first-order valence-electron chi connectivity index (χ1n) is 15.4. The number of para-hydroxylation sites is 2. The molecule has 6 rings (SSSR count). The van der Waals surface area contributed by atoms with Crippen LogP contribution in [0.1, 0.15) is 81.3 Å². The molecule has 2 aliphatic carbocycles. The summed E-state index contributed by atoms with van der Waals surface area (Å²) in [5.41, 5.74) is 12.9. The largest absolute Gasteiger partial charge is 0.872 e. The molecule has 0 heterocycles. The van der Waals surface area contributed by atoms with Gasteiger partial charge < -0.3 is 10.2 Å². The van der Waals surface area contributed by atoms with Crippen LogP contribution in [0, 0.1) is 41.5 Å². The first-order valence-corrected chi connectivity index (χ1v) is 21.6. The summed E-state index contributed by atoms with van der Waals surface area (Å²) in [5, 5.41) is 21.9. The molecule has 0 amide bonds. The van der Waals surface area contributed by atoms with Crippen LogP contribution in [0.5, 0.6) is 11.5 Å². The van der Waals surface area contributed by atoms with E-state index in [0.29, 0.717) is 0 Å². The number of hydrogen-bond donors (Lipinski definition) is 0. The molecule has 0 aliphatic heterocycles. The monoisotopic (exact) mass is 656 g/mol. The molecule has 2 aliphatic rings. The fourth-order valence-electron chi connectivity index (χ4n) is 5.34. The van der Waals surface area contributed by atoms with Gasteiger partial charge in [-0.05, 0) is 27.7 Å². The maximum Gasteiger partial charge on any atom is -0.0404 e. The Balaban J connectivity index is 0.000000188. The molecule has 42 heavy (non-hydrogen) atoms. The molecule has 4 aromatic carbocycles. The van der Waals surface area contributed by atoms with Crippen molar-refractivity contribution in [2.24, 2.45) is 0 Å². The minimum absolute atomic E-state index is 0.164. The molecule has 0 saturated heterocycles. The summed E-state index contributed by atoms with van der Waals surface area (Å²) in [6.45, 7) is 16.3. The third-order valence-corrected chi connectivity index (χ3v) is 7.53. The molecular formula is C38H50O2SiZr-2. The van der Waals surface area contributed by atoms with E-state index in [4.69, 9.17) is 0 Å². The number of aryl methyl sites for hydroxylation is 10. The van der Waals surface area contributed by atoms with Crippen molar-refractivity contribution in [3.63, 3.8) is 0 Å². The standard InChI is InChI=1S/2C10H13.2C8H10O.C2H6Si.Zr/c2*1-8-6-9-4-2-3-5-10(9)7-8;2*1-6-4-3-5-7(2)8(6)9;1-3-2;/h2*6-7H,2-5H2,1H3;2*3-5,9H,1-2H3;1-2H3;/q2*-1;;;;+2/p-2. The molecule has 2 nitrogen and oxygen atoms in total. The van der Waals surface area contributed by atoms with E-state index in [9.17, 15) is 10.2 Å². The van der Waals surface area contributed by atoms with Gasteiger partial charge in [0.2, 0.25) is 0 Å². The zero-order valence-electron chi connectivity index (χ0n) is 27.2. The summed E-state index contributed by atoms with van der Waals surface area (Å²) in [7, 11) is 0. The number of rotatable bonds is 0. The van der Waals surface area contributed by atoms with Gasteiger partial charge in [0.15, 0.2) is 0 Å². The van der Waals surface area contributed by atoms with Crippen molar-refractivity contribution < 1.29 is 33.5 Å². The molecule has 0 aromatic heterocycles. The van der Waals surface area contributed by atoms with Crippen molar-refractivity contribution >= 4 is 5.43 Å². The second-order valence-electron chi connectivity index (χ2n) is 12.0. The first-order chi connectivity index (χ1) is 19.9. The number of benzene rings is 2. The molecule has 0 radical (unpaired) electrons. The minimum Gasteiger partial charge on any atom is -0.872 e. The van der Waals surface area contributed by atoms with Crippen LogP contribution in [-0.4, -0.2) is 5.43 Å². The normalized spacial score (nSPS) is 12.8. The SMILES string of the molecule is C[Si](C)=[Zr+2].Cc1cc2c([cH-]1)CCCC2.Cc1cc2c([cH-]1)CCCC2.Cc1cccc(C)c1[O-].Cc1cccc(C)c1[O-]. The maximum absolute atomic E-state index is 11.0. The molecule has 0 spiro atoms. The fraction of sp³-hybridized carbons (Fsp3) is 0.421. The average Bonchev–Trinajstić information content (AvgIpc) is 3.51. The quantitative estimate of drug-likeness (QED) is 0.140. The Bertz CT molecular complexity index is 1220. The van der Waals surface area contributed by atoms with Gasteiger partial charge in [-0.3, -0.25) is 0 Å². The summed E-state index contributed by atoms with van der Waals surface area (Å²) in [4.78, 5) is 0. The van der Waals surface area contributed by atoms with Gasteiger partial charge >= 0.3 is 41.9 Å². The third-order valence-electron chi connectivity index (χ3n) is 7.53. The molecule has 4 heteroatoms. The molecule has 0 atom stereocenters. The van der Waals surface area contributed by atoms with E-state index in [1.165, 1.54) is 62.5 Å². The van der Waals surface area contributed by atoms with Crippen molar-refractivity contribution in [1.82, 2.24) is 0 Å². The van der Waals surface area contributed by atoms with Crippen molar-refractivity contribution in [3.8, 4) is 11.5 Å². The summed E-state index contributed by atoms with van der Waals surface area (Å²) in [6.07, 6.45) is 10.9. The van der Waals surface area contributed by atoms with E-state index in [1.54, 1.807) is 45.6 Å². The van der Waals surface area contributed by atoms with Crippen LogP contribution in [0.4, 0.5) is 0 Å². The second-order valence-corrected chi connectivity index (χ2v) is 21.4. The Kier molecular flexibility index (Phi) is 15.9. The van der Waals surface area contributed by atoms with Crippen LogP contribution >= 0.6 is 0 Å². The fourth-order valence-corrected chi connectivity index (χ4v) is 5.34. The summed E-state index contributed by atoms with van der Waals surface area (Å²) >= 11 is 1.74. The summed E-state index contributed by atoms with van der Waals surface area (Å²) in [6, 6.07) is 20.5. The molecule has 0 bridgehead atoms. The van der Waals surface area contributed by atoms with Gasteiger partial charge in [0.1, 0.15) is 0 Å². The van der Waals surface area contributed by atoms with Gasteiger partial charge in [-0.2, -0.15) is 45.5 Å². The zero-order chi connectivity index (χ0) is 31.2. The van der Waals surface area contributed by atoms with Crippen molar-refractivity contribution in [2.45, 2.75) is 106 Å². The minimum atomic E-state index is 0.164. The molecule has 0 fully saturated rings. The molecule has 224 valence electrons. The van der Waals surface area contributed by atoms with Crippen LogP contribution in [0.15, 0.2) is 60.7 Å². The predicted octanol–water partition coefficient (Wildman–Crippen LogP) is 8.72. The third kappa shape index (κ3) is 12.6. The smallest absolute Gasteiger partial charge is 0.0404 e. The van der Waals surface area contributed by atoms with E-state index in [0.717, 1.165) is 22.3 Å². The molecule has 0 N–H and O–H groups in total. The molecule has 4 aromatic rings. The van der Waals surface area contributed by atoms with E-state index in [-0.39, 0.29) is 16.9 Å². The van der Waals surface area contributed by atoms with Crippen LogP contribution in [0.25, 0.3) is 0 Å². The van der Waals surface area contributed by atoms with Gasteiger partial charge in [0, 0.05) is 0 Å². The van der Waals surface area contributed by atoms with Crippen molar-refractivity contribution in [3.05, 3.63) is 116 Å². The maximum atomic E-state index is 11.0. The molecule has 0 saturated carbocycles. The predicted molar refractivity (Wildman–Crippen MR) is 175 cm³/mol. The van der Waals surface area contributed by atoms with E-state index >= 15 is 0 Å². The zero-order valence-corrected chi connectivity index (χ0v) is 30.7. The van der Waals surface area contributed by atoms with Gasteiger partial charge in [-0.1, -0.05) is 124 Å². The van der Waals surface area contributed by atoms with Gasteiger partial charge in [-0.25, -0.2) is 12.1 Å². The Morgan fingerprint density at radius 1 is 0.571 bits per heavy atom. The Morgan fingerprint density at radius 3 is 1.12 bits per heavy atom. The Labute approximate surface area is 271 Å². The van der Waals surface area contributed by atoms with Gasteiger partial charge in [-0.15, -0.1) is 11.5 Å². The number of hydrogen-bond acceptors (Lipinski definition) is 2. The van der Waals surface area contributed by atoms with Gasteiger partial charge in [0.05, 0.1) is 0 Å². The summed E-state index contributed by atoms with van der Waals surface area (Å²) in [5.74, 6) is 0.329. The van der Waals surface area contributed by atoms with Crippen LogP contribution in [0.2, 0.25) is 13.1 Å². The number of fused-ring (bicyclic) bond motifs is 2.